The van der Waals surface area contributed by atoms with Gasteiger partial charge in [0.1, 0.15) is 5.75 Å². The van der Waals surface area contributed by atoms with Gasteiger partial charge in [0.25, 0.3) is 0 Å². The lowest BCUT2D eigenvalue weighted by Crippen LogP contribution is -2.48. The summed E-state index contributed by atoms with van der Waals surface area (Å²) < 4.78 is 42.7. The minimum Gasteiger partial charge on any atom is -0.406 e. The summed E-state index contributed by atoms with van der Waals surface area (Å²) in [6.07, 6.45) is 3.69. The molecule has 152 valence electrons. The van der Waals surface area contributed by atoms with Crippen molar-refractivity contribution in [1.29, 1.82) is 0 Å². The number of alkyl halides is 3. The zero-order valence-corrected chi connectivity index (χ0v) is 15.6. The van der Waals surface area contributed by atoms with Gasteiger partial charge in [-0.25, -0.2) is 9.67 Å². The largest absolute Gasteiger partial charge is 0.573 e. The molecular formula is C21H15F3N4O2. The molecule has 30 heavy (non-hydrogen) atoms. The van der Waals surface area contributed by atoms with Crippen molar-refractivity contribution in [2.45, 2.75) is 12.3 Å². The second-order valence-electron chi connectivity index (χ2n) is 6.68. The Morgan fingerprint density at radius 1 is 1.27 bits per heavy atom. The number of nitrogens with zero attached hydrogens (tertiary/aromatic N) is 4. The summed E-state index contributed by atoms with van der Waals surface area (Å²) in [5.74, 6) is 2.09. The van der Waals surface area contributed by atoms with Gasteiger partial charge in [-0.05, 0) is 36.4 Å². The quantitative estimate of drug-likeness (QED) is 0.487. The van der Waals surface area contributed by atoms with E-state index in [2.05, 4.69) is 27.3 Å². The number of fused-ring (bicyclic) bond motifs is 1. The zero-order valence-electron chi connectivity index (χ0n) is 15.6. The number of aromatic nitrogens is 3. The molecule has 1 aliphatic heterocycles. The van der Waals surface area contributed by atoms with Crippen molar-refractivity contribution in [2.75, 3.05) is 13.1 Å². The van der Waals surface area contributed by atoms with Gasteiger partial charge in [0.2, 0.25) is 5.91 Å². The number of halogens is 3. The molecule has 1 aromatic carbocycles. The van der Waals surface area contributed by atoms with E-state index in [4.69, 9.17) is 6.42 Å². The second kappa shape index (κ2) is 7.22. The summed E-state index contributed by atoms with van der Waals surface area (Å²) in [4.78, 5) is 17.8. The fourth-order valence-electron chi connectivity index (χ4n) is 3.40. The molecule has 2 aromatic heterocycles. The number of ether oxygens (including phenoxy) is 1. The Kier molecular flexibility index (Phi) is 4.70. The Bertz CT molecular complexity index is 1170. The first kappa shape index (κ1) is 19.5. The molecule has 0 atom stereocenters. The van der Waals surface area contributed by atoms with Gasteiger partial charge in [0.15, 0.2) is 5.65 Å². The molecule has 0 bridgehead atoms. The highest BCUT2D eigenvalue weighted by Gasteiger charge is 2.35. The van der Waals surface area contributed by atoms with E-state index in [-0.39, 0.29) is 17.6 Å². The number of amides is 1. The van der Waals surface area contributed by atoms with Crippen LogP contribution < -0.4 is 4.74 Å². The third kappa shape index (κ3) is 3.48. The minimum absolute atomic E-state index is 0.0400. The predicted octanol–water partition coefficient (Wildman–Crippen LogP) is 3.41. The topological polar surface area (TPSA) is 60.2 Å². The van der Waals surface area contributed by atoms with Gasteiger partial charge < -0.3 is 9.64 Å². The van der Waals surface area contributed by atoms with Crippen molar-refractivity contribution < 1.29 is 22.7 Å². The lowest BCUT2D eigenvalue weighted by Gasteiger charge is -2.37. The first-order chi connectivity index (χ1) is 14.3. The van der Waals surface area contributed by atoms with Gasteiger partial charge in [-0.15, -0.1) is 19.6 Å². The molecule has 0 N–H and O–H groups in total. The van der Waals surface area contributed by atoms with Crippen molar-refractivity contribution in [1.82, 2.24) is 19.7 Å². The molecule has 3 heterocycles. The lowest BCUT2D eigenvalue weighted by molar-refractivity contribution is -0.274. The number of hydrogen-bond donors (Lipinski definition) is 0. The number of hydrogen-bond acceptors (Lipinski definition) is 4. The second-order valence-corrected chi connectivity index (χ2v) is 6.68. The molecule has 1 amide bonds. The molecule has 4 rings (SSSR count). The van der Waals surface area contributed by atoms with Gasteiger partial charge in [-0.1, -0.05) is 12.5 Å². The first-order valence-electron chi connectivity index (χ1n) is 8.92. The summed E-state index contributed by atoms with van der Waals surface area (Å²) in [6, 6.07) is 7.01. The Morgan fingerprint density at radius 3 is 2.57 bits per heavy atom. The van der Waals surface area contributed by atoms with E-state index in [0.29, 0.717) is 41.1 Å². The van der Waals surface area contributed by atoms with Crippen molar-refractivity contribution in [2.24, 2.45) is 0 Å². The SMILES string of the molecule is C#Cc1ccnc2c1c(C1CN(C(=O)C=C)C1)nn2-c1ccc(OC(F)(F)F)cc1. The van der Waals surface area contributed by atoms with E-state index < -0.39 is 6.36 Å². The summed E-state index contributed by atoms with van der Waals surface area (Å²) >= 11 is 0. The number of carbonyl (C=O) groups excluding carboxylic acids is 1. The molecule has 0 spiro atoms. The van der Waals surface area contributed by atoms with Crippen LogP contribution in [0.2, 0.25) is 0 Å². The van der Waals surface area contributed by atoms with Gasteiger partial charge >= 0.3 is 6.36 Å². The maximum atomic E-state index is 12.4. The van der Waals surface area contributed by atoms with Crippen LogP contribution >= 0.6 is 0 Å². The van der Waals surface area contributed by atoms with Crippen molar-refractivity contribution in [3.63, 3.8) is 0 Å². The van der Waals surface area contributed by atoms with Gasteiger partial charge in [0.05, 0.1) is 16.8 Å². The smallest absolute Gasteiger partial charge is 0.406 e. The van der Waals surface area contributed by atoms with E-state index in [1.54, 1.807) is 17.2 Å². The molecule has 0 aliphatic carbocycles. The molecule has 1 saturated heterocycles. The third-order valence-corrected chi connectivity index (χ3v) is 4.82. The monoisotopic (exact) mass is 412 g/mol. The number of benzene rings is 1. The molecule has 0 unspecified atom stereocenters. The van der Waals surface area contributed by atoms with E-state index in [1.807, 2.05) is 0 Å². The molecular weight excluding hydrogens is 397 g/mol. The standard InChI is InChI=1S/C21H15F3N4O2/c1-3-13-9-10-25-20-18(13)19(14-11-27(12-14)17(29)4-2)26-28(20)15-5-7-16(8-6-15)30-21(22,23)24/h1,4-10,14H,2,11-12H2. The average Bonchev–Trinajstić information content (AvgIpc) is 3.05. The Hall–Kier alpha value is -3.80. The molecule has 1 aliphatic rings. The maximum absolute atomic E-state index is 12.4. The van der Waals surface area contributed by atoms with Crippen LogP contribution in [0.3, 0.4) is 0 Å². The van der Waals surface area contributed by atoms with Crippen LogP contribution in [-0.2, 0) is 4.79 Å². The van der Waals surface area contributed by atoms with Crippen molar-refractivity contribution in [3.05, 3.63) is 60.4 Å². The van der Waals surface area contributed by atoms with Gasteiger partial charge in [-0.3, -0.25) is 4.79 Å². The number of pyridine rings is 1. The van der Waals surface area contributed by atoms with Gasteiger partial charge in [-0.2, -0.15) is 5.10 Å². The van der Waals surface area contributed by atoms with Crippen LogP contribution in [0, 0.1) is 12.3 Å². The summed E-state index contributed by atoms with van der Waals surface area (Å²) in [6.45, 7) is 4.42. The summed E-state index contributed by atoms with van der Waals surface area (Å²) in [7, 11) is 0. The Morgan fingerprint density at radius 2 is 1.97 bits per heavy atom. The molecule has 1 fully saturated rings. The third-order valence-electron chi connectivity index (χ3n) is 4.82. The number of rotatable bonds is 4. The molecule has 0 saturated carbocycles. The van der Waals surface area contributed by atoms with Crippen molar-refractivity contribution in [3.8, 4) is 23.8 Å². The van der Waals surface area contributed by atoms with Crippen LogP contribution in [0.1, 0.15) is 17.2 Å². The Balaban J connectivity index is 1.74. The van der Waals surface area contributed by atoms with Gasteiger partial charge in [0, 0.05) is 30.8 Å². The summed E-state index contributed by atoms with van der Waals surface area (Å²) in [5.41, 5.74) is 2.28. The molecule has 0 radical (unpaired) electrons. The molecule has 9 heteroatoms. The molecule has 6 nitrogen and oxygen atoms in total. The zero-order chi connectivity index (χ0) is 21.5. The van der Waals surface area contributed by atoms with Crippen LogP contribution in [0.25, 0.3) is 16.7 Å². The lowest BCUT2D eigenvalue weighted by atomic mass is 9.93. The number of carbonyl (C=O) groups is 1. The highest BCUT2D eigenvalue weighted by Crippen LogP contribution is 2.34. The van der Waals surface area contributed by atoms with Crippen LogP contribution in [0.5, 0.6) is 5.75 Å². The number of likely N-dealkylation sites (tertiary alicyclic amines) is 1. The van der Waals surface area contributed by atoms with E-state index in [0.717, 1.165) is 0 Å². The number of terminal acetylenes is 1. The van der Waals surface area contributed by atoms with Crippen molar-refractivity contribution >= 4 is 16.9 Å². The van der Waals surface area contributed by atoms with Crippen LogP contribution in [0.15, 0.2) is 49.2 Å². The maximum Gasteiger partial charge on any atom is 0.573 e. The van der Waals surface area contributed by atoms with E-state index >= 15 is 0 Å². The van der Waals surface area contributed by atoms with E-state index in [1.165, 1.54) is 35.0 Å². The Labute approximate surface area is 169 Å². The van der Waals surface area contributed by atoms with Crippen LogP contribution in [-0.4, -0.2) is 45.0 Å². The average molecular weight is 412 g/mol. The van der Waals surface area contributed by atoms with Crippen LogP contribution in [0.4, 0.5) is 13.2 Å². The fourth-order valence-corrected chi connectivity index (χ4v) is 3.40. The first-order valence-corrected chi connectivity index (χ1v) is 8.92. The summed E-state index contributed by atoms with van der Waals surface area (Å²) in [5, 5.41) is 5.33. The highest BCUT2D eigenvalue weighted by molar-refractivity contribution is 5.89. The minimum atomic E-state index is -4.77. The fraction of sp³-hybridized carbons (Fsp3) is 0.190. The highest BCUT2D eigenvalue weighted by atomic mass is 19.4. The normalized spacial score (nSPS) is 14.3. The predicted molar refractivity (Wildman–Crippen MR) is 103 cm³/mol. The molecule has 3 aromatic rings. The van der Waals surface area contributed by atoms with E-state index in [9.17, 15) is 18.0 Å².